The Morgan fingerprint density at radius 1 is 1.37 bits per heavy atom. The van der Waals surface area contributed by atoms with E-state index in [0.717, 1.165) is 18.9 Å². The van der Waals surface area contributed by atoms with Crippen LogP contribution >= 0.6 is 0 Å². The van der Waals surface area contributed by atoms with Crippen LogP contribution in [0.15, 0.2) is 18.2 Å². The molecule has 1 aromatic carbocycles. The van der Waals surface area contributed by atoms with Gasteiger partial charge < -0.3 is 9.64 Å². The van der Waals surface area contributed by atoms with Crippen molar-refractivity contribution in [2.24, 2.45) is 0 Å². The number of rotatable bonds is 6. The van der Waals surface area contributed by atoms with E-state index in [4.69, 9.17) is 4.74 Å². The summed E-state index contributed by atoms with van der Waals surface area (Å²) >= 11 is 0. The third kappa shape index (κ3) is 3.77. The van der Waals surface area contributed by atoms with Gasteiger partial charge in [0.25, 0.3) is 5.91 Å². The molecule has 0 bridgehead atoms. The summed E-state index contributed by atoms with van der Waals surface area (Å²) in [6.45, 7) is 2.51. The van der Waals surface area contributed by atoms with Crippen LogP contribution in [0.5, 0.6) is 5.75 Å². The van der Waals surface area contributed by atoms with E-state index in [0.29, 0.717) is 6.54 Å². The van der Waals surface area contributed by atoms with Crippen LogP contribution in [0.2, 0.25) is 0 Å². The summed E-state index contributed by atoms with van der Waals surface area (Å²) < 4.78 is 18.2. The Balaban J connectivity index is 2.82. The topological polar surface area (TPSA) is 46.6 Å². The number of carbonyl (C=O) groups excluding carboxylic acids is 2. The van der Waals surface area contributed by atoms with Gasteiger partial charge in [-0.3, -0.25) is 9.59 Å². The molecule has 104 valence electrons. The maximum Gasteiger partial charge on any atom is 0.294 e. The first-order valence-electron chi connectivity index (χ1n) is 6.14. The molecule has 1 amide bonds. The third-order valence-electron chi connectivity index (χ3n) is 2.80. The second-order valence-electron chi connectivity index (χ2n) is 4.26. The van der Waals surface area contributed by atoms with Crippen LogP contribution in [0.25, 0.3) is 0 Å². The van der Waals surface area contributed by atoms with E-state index in [2.05, 4.69) is 0 Å². The van der Waals surface area contributed by atoms with Gasteiger partial charge in [0.1, 0.15) is 0 Å². The van der Waals surface area contributed by atoms with Gasteiger partial charge in [0.05, 0.1) is 7.11 Å². The van der Waals surface area contributed by atoms with Gasteiger partial charge in [-0.25, -0.2) is 4.39 Å². The summed E-state index contributed by atoms with van der Waals surface area (Å²) in [7, 11) is 2.90. The first-order valence-corrected chi connectivity index (χ1v) is 6.14. The molecule has 0 aliphatic heterocycles. The molecule has 0 saturated heterocycles. The molecule has 5 heteroatoms. The number of Topliss-reactive ketones (excluding diaryl/α,β-unsaturated/α-hetero) is 1. The molecule has 0 unspecified atom stereocenters. The Morgan fingerprint density at radius 2 is 2.05 bits per heavy atom. The molecule has 0 atom stereocenters. The van der Waals surface area contributed by atoms with Gasteiger partial charge in [0.2, 0.25) is 5.78 Å². The van der Waals surface area contributed by atoms with Crippen molar-refractivity contribution in [1.82, 2.24) is 4.90 Å². The fourth-order valence-corrected chi connectivity index (χ4v) is 1.60. The number of benzene rings is 1. The number of halogens is 1. The first-order chi connectivity index (χ1) is 9.01. The van der Waals surface area contributed by atoms with Crippen LogP contribution in [0.3, 0.4) is 0 Å². The fraction of sp³-hybridized carbons (Fsp3) is 0.429. The average molecular weight is 267 g/mol. The Hall–Kier alpha value is -1.91. The highest BCUT2D eigenvalue weighted by molar-refractivity contribution is 6.42. The maximum atomic E-state index is 13.5. The van der Waals surface area contributed by atoms with Crippen molar-refractivity contribution in [1.29, 1.82) is 0 Å². The molecule has 0 aromatic heterocycles. The van der Waals surface area contributed by atoms with Gasteiger partial charge in [-0.05, 0) is 24.6 Å². The number of ketones is 1. The van der Waals surface area contributed by atoms with Gasteiger partial charge in [-0.1, -0.05) is 13.3 Å². The number of methoxy groups -OCH3 is 1. The lowest BCUT2D eigenvalue weighted by Gasteiger charge is -2.15. The van der Waals surface area contributed by atoms with E-state index in [1.807, 2.05) is 6.92 Å². The van der Waals surface area contributed by atoms with E-state index in [1.165, 1.54) is 24.1 Å². The van der Waals surface area contributed by atoms with Crippen LogP contribution in [-0.2, 0) is 4.79 Å². The maximum absolute atomic E-state index is 13.5. The molecule has 1 rings (SSSR count). The highest BCUT2D eigenvalue weighted by atomic mass is 19.1. The zero-order valence-electron chi connectivity index (χ0n) is 11.4. The molecule has 0 spiro atoms. The number of nitrogens with zero attached hydrogens (tertiary/aromatic N) is 1. The zero-order chi connectivity index (χ0) is 14.4. The van der Waals surface area contributed by atoms with Crippen molar-refractivity contribution in [3.63, 3.8) is 0 Å². The molecule has 0 aliphatic rings. The van der Waals surface area contributed by atoms with E-state index >= 15 is 0 Å². The fourth-order valence-electron chi connectivity index (χ4n) is 1.60. The minimum Gasteiger partial charge on any atom is -0.494 e. The SMILES string of the molecule is CCCCN(C)C(=O)C(=O)c1ccc(OC)c(F)c1. The second-order valence-corrected chi connectivity index (χ2v) is 4.26. The summed E-state index contributed by atoms with van der Waals surface area (Å²) in [5.41, 5.74) is 0.0339. The normalized spacial score (nSPS) is 10.1. The van der Waals surface area contributed by atoms with Crippen LogP contribution in [0.1, 0.15) is 30.1 Å². The first kappa shape index (κ1) is 15.1. The Kier molecular flexibility index (Phi) is 5.48. The zero-order valence-corrected chi connectivity index (χ0v) is 11.4. The van der Waals surface area contributed by atoms with Gasteiger partial charge in [0.15, 0.2) is 11.6 Å². The van der Waals surface area contributed by atoms with Crippen LogP contribution in [-0.4, -0.2) is 37.3 Å². The highest BCUT2D eigenvalue weighted by Crippen LogP contribution is 2.18. The Bertz CT molecular complexity index is 474. The lowest BCUT2D eigenvalue weighted by Crippen LogP contribution is -2.34. The number of amides is 1. The average Bonchev–Trinajstić information content (AvgIpc) is 2.42. The predicted molar refractivity (Wildman–Crippen MR) is 69.8 cm³/mol. The van der Waals surface area contributed by atoms with Gasteiger partial charge in [-0.15, -0.1) is 0 Å². The summed E-state index contributed by atoms with van der Waals surface area (Å²) in [5.74, 6) is -1.95. The van der Waals surface area contributed by atoms with E-state index in [1.54, 1.807) is 7.05 Å². The predicted octanol–water partition coefficient (Wildman–Crippen LogP) is 2.28. The molecular formula is C14H18FNO3. The monoisotopic (exact) mass is 267 g/mol. The number of likely N-dealkylation sites (N-methyl/N-ethyl adjacent to an activating group) is 1. The second kappa shape index (κ2) is 6.87. The number of carbonyl (C=O) groups is 2. The number of hydrogen-bond acceptors (Lipinski definition) is 3. The van der Waals surface area contributed by atoms with Crippen molar-refractivity contribution >= 4 is 11.7 Å². The summed E-state index contributed by atoms with van der Waals surface area (Å²) in [5, 5.41) is 0. The minimum absolute atomic E-state index is 0.0339. The van der Waals surface area contributed by atoms with Crippen LogP contribution in [0.4, 0.5) is 4.39 Å². The largest absolute Gasteiger partial charge is 0.494 e. The number of ether oxygens (including phenoxy) is 1. The van der Waals surface area contributed by atoms with Crippen molar-refractivity contribution in [2.75, 3.05) is 20.7 Å². The molecule has 0 heterocycles. The lowest BCUT2D eigenvalue weighted by molar-refractivity contribution is -0.125. The summed E-state index contributed by atoms with van der Waals surface area (Å²) in [4.78, 5) is 25.1. The van der Waals surface area contributed by atoms with Crippen LogP contribution in [0, 0.1) is 5.82 Å². The Morgan fingerprint density at radius 3 is 2.58 bits per heavy atom. The quantitative estimate of drug-likeness (QED) is 0.587. The van der Waals surface area contributed by atoms with Crippen molar-refractivity contribution in [3.8, 4) is 5.75 Å². The molecule has 1 aromatic rings. The van der Waals surface area contributed by atoms with Gasteiger partial charge >= 0.3 is 0 Å². The van der Waals surface area contributed by atoms with Crippen molar-refractivity contribution < 1.29 is 18.7 Å². The molecule has 4 nitrogen and oxygen atoms in total. The molecule has 19 heavy (non-hydrogen) atoms. The highest BCUT2D eigenvalue weighted by Gasteiger charge is 2.21. The molecule has 0 radical (unpaired) electrons. The third-order valence-corrected chi connectivity index (χ3v) is 2.80. The van der Waals surface area contributed by atoms with Crippen LogP contribution < -0.4 is 4.74 Å². The molecular weight excluding hydrogens is 249 g/mol. The summed E-state index contributed by atoms with van der Waals surface area (Å²) in [6.07, 6.45) is 1.76. The smallest absolute Gasteiger partial charge is 0.294 e. The van der Waals surface area contributed by atoms with E-state index in [-0.39, 0.29) is 11.3 Å². The minimum atomic E-state index is -0.708. The number of unbranched alkanes of at least 4 members (excludes halogenated alkanes) is 1. The van der Waals surface area contributed by atoms with E-state index < -0.39 is 17.5 Å². The van der Waals surface area contributed by atoms with E-state index in [9.17, 15) is 14.0 Å². The van der Waals surface area contributed by atoms with Gasteiger partial charge in [0, 0.05) is 19.2 Å². The van der Waals surface area contributed by atoms with Gasteiger partial charge in [-0.2, -0.15) is 0 Å². The Labute approximate surface area is 112 Å². The molecule has 0 aliphatic carbocycles. The molecule has 0 saturated carbocycles. The number of hydrogen-bond donors (Lipinski definition) is 0. The standard InChI is InChI=1S/C14H18FNO3/c1-4-5-8-16(2)14(18)13(17)10-6-7-12(19-3)11(15)9-10/h6-7,9H,4-5,8H2,1-3H3. The lowest BCUT2D eigenvalue weighted by atomic mass is 10.1. The van der Waals surface area contributed by atoms with Crippen molar-refractivity contribution in [2.45, 2.75) is 19.8 Å². The molecule has 0 N–H and O–H groups in total. The summed E-state index contributed by atoms with van der Waals surface area (Å²) in [6, 6.07) is 3.74. The molecule has 0 fully saturated rings. The van der Waals surface area contributed by atoms with Crippen molar-refractivity contribution in [3.05, 3.63) is 29.6 Å².